The minimum absolute atomic E-state index is 0.176. The molecule has 2 atom stereocenters. The van der Waals surface area contributed by atoms with Crippen molar-refractivity contribution in [1.29, 1.82) is 0 Å². The molecule has 1 aromatic heterocycles. The number of aliphatic hydroxyl groups is 1. The quantitative estimate of drug-likeness (QED) is 0.792. The van der Waals surface area contributed by atoms with Gasteiger partial charge in [0, 0.05) is 19.2 Å². The van der Waals surface area contributed by atoms with E-state index in [2.05, 4.69) is 27.6 Å². The molecule has 0 aliphatic carbocycles. The maximum atomic E-state index is 8.60. The first kappa shape index (κ1) is 15.0. The van der Waals surface area contributed by atoms with Gasteiger partial charge in [-0.25, -0.2) is 4.98 Å². The van der Waals surface area contributed by atoms with Gasteiger partial charge in [0.15, 0.2) is 0 Å². The second kappa shape index (κ2) is 7.98. The van der Waals surface area contributed by atoms with Crippen molar-refractivity contribution in [3.63, 3.8) is 0 Å². The van der Waals surface area contributed by atoms with Crippen molar-refractivity contribution in [2.24, 2.45) is 0 Å². The summed E-state index contributed by atoms with van der Waals surface area (Å²) >= 11 is 2.22. The summed E-state index contributed by atoms with van der Waals surface area (Å²) in [6, 6.07) is 3.89. The second-order valence-electron chi connectivity index (χ2n) is 4.41. The van der Waals surface area contributed by atoms with Crippen LogP contribution in [0.1, 0.15) is 12.8 Å². The number of aromatic nitrogens is 1. The molecule has 2 aliphatic heterocycles. The Hall–Kier alpha value is -0.440. The van der Waals surface area contributed by atoms with Crippen molar-refractivity contribution in [3.8, 4) is 5.88 Å². The third-order valence-corrected chi connectivity index (χ3v) is 3.62. The molecule has 6 heteroatoms. The van der Waals surface area contributed by atoms with Crippen molar-refractivity contribution in [3.05, 3.63) is 21.9 Å². The Bertz CT molecular complexity index is 379. The van der Waals surface area contributed by atoms with Crippen LogP contribution in [0.5, 0.6) is 5.88 Å². The highest BCUT2D eigenvalue weighted by Gasteiger charge is 2.18. The first-order chi connectivity index (χ1) is 9.25. The summed E-state index contributed by atoms with van der Waals surface area (Å²) in [4.78, 5) is 4.16. The summed E-state index contributed by atoms with van der Waals surface area (Å²) in [5, 5.41) is 8.60. The molecule has 1 N–H and O–H groups in total. The minimum Gasteiger partial charge on any atom is -0.471 e. The van der Waals surface area contributed by atoms with Crippen molar-refractivity contribution in [1.82, 2.24) is 4.98 Å². The van der Waals surface area contributed by atoms with Crippen LogP contribution in [-0.4, -0.2) is 48.7 Å². The molecule has 3 heterocycles. The smallest absolute Gasteiger partial charge is 0.227 e. The molecule has 5 nitrogen and oxygen atoms in total. The number of rotatable bonds is 2. The highest BCUT2D eigenvalue weighted by Crippen LogP contribution is 2.20. The van der Waals surface area contributed by atoms with E-state index in [4.69, 9.17) is 19.3 Å². The van der Waals surface area contributed by atoms with Gasteiger partial charge in [-0.05, 0) is 41.1 Å². The van der Waals surface area contributed by atoms with Crippen LogP contribution in [0.2, 0.25) is 0 Å². The number of ether oxygens (including phenoxy) is 3. The Kier molecular flexibility index (Phi) is 6.29. The van der Waals surface area contributed by atoms with Crippen LogP contribution in [0, 0.1) is 3.57 Å². The summed E-state index contributed by atoms with van der Waals surface area (Å²) < 4.78 is 16.7. The van der Waals surface area contributed by atoms with Crippen LogP contribution >= 0.6 is 22.6 Å². The molecule has 1 aromatic rings. The summed E-state index contributed by atoms with van der Waals surface area (Å²) in [6.45, 7) is 2.77. The third-order valence-electron chi connectivity index (χ3n) is 2.80. The molecule has 0 spiro atoms. The van der Waals surface area contributed by atoms with Gasteiger partial charge in [0.05, 0.1) is 29.5 Å². The molecule has 0 bridgehead atoms. The molecular weight excluding hydrogens is 361 g/mol. The zero-order chi connectivity index (χ0) is 13.5. The van der Waals surface area contributed by atoms with Gasteiger partial charge in [-0.1, -0.05) is 0 Å². The van der Waals surface area contributed by atoms with Crippen LogP contribution in [-0.2, 0) is 9.47 Å². The predicted molar refractivity (Wildman–Crippen MR) is 78.2 cm³/mol. The Morgan fingerprint density at radius 3 is 2.58 bits per heavy atom. The number of hydrogen-bond donors (Lipinski definition) is 1. The molecular formula is C13H18INO4. The average Bonchev–Trinajstić information content (AvgIpc) is 3.06. The zero-order valence-corrected chi connectivity index (χ0v) is 12.8. The molecule has 0 saturated carbocycles. The fourth-order valence-corrected chi connectivity index (χ4v) is 2.22. The Morgan fingerprint density at radius 1 is 1.26 bits per heavy atom. The van der Waals surface area contributed by atoms with E-state index < -0.39 is 0 Å². The lowest BCUT2D eigenvalue weighted by Gasteiger charge is -2.11. The fourth-order valence-electron chi connectivity index (χ4n) is 1.74. The standard InChI is InChI=1S/C9H10INO2.C4H8O2/c10-8-2-1-4-11-9(8)13-7-3-5-12-6-7;5-4-1-2-6-3-4/h1-2,4,7H,3,5-6H2;4-5H,1-3H2. The number of hydrogen-bond acceptors (Lipinski definition) is 5. The summed E-state index contributed by atoms with van der Waals surface area (Å²) in [6.07, 6.45) is 3.54. The highest BCUT2D eigenvalue weighted by atomic mass is 127. The molecule has 2 unspecified atom stereocenters. The van der Waals surface area contributed by atoms with Gasteiger partial charge in [0.2, 0.25) is 5.88 Å². The number of aliphatic hydroxyl groups excluding tert-OH is 1. The van der Waals surface area contributed by atoms with Crippen molar-refractivity contribution in [2.75, 3.05) is 26.4 Å². The maximum Gasteiger partial charge on any atom is 0.227 e. The van der Waals surface area contributed by atoms with E-state index in [0.717, 1.165) is 35.5 Å². The molecule has 2 aliphatic rings. The van der Waals surface area contributed by atoms with Gasteiger partial charge in [-0.15, -0.1) is 0 Å². The molecule has 0 radical (unpaired) electrons. The van der Waals surface area contributed by atoms with Crippen LogP contribution in [0.4, 0.5) is 0 Å². The van der Waals surface area contributed by atoms with E-state index in [1.165, 1.54) is 0 Å². The molecule has 0 aromatic carbocycles. The number of halogens is 1. The van der Waals surface area contributed by atoms with E-state index in [0.29, 0.717) is 13.2 Å². The molecule has 106 valence electrons. The Morgan fingerprint density at radius 2 is 2.05 bits per heavy atom. The summed E-state index contributed by atoms with van der Waals surface area (Å²) in [7, 11) is 0. The lowest BCUT2D eigenvalue weighted by Crippen LogP contribution is -2.16. The molecule has 2 fully saturated rings. The molecule has 3 rings (SSSR count). The number of pyridine rings is 1. The minimum atomic E-state index is -0.176. The second-order valence-corrected chi connectivity index (χ2v) is 5.57. The van der Waals surface area contributed by atoms with Crippen molar-refractivity contribution >= 4 is 22.6 Å². The lowest BCUT2D eigenvalue weighted by molar-refractivity contribution is 0.127. The Balaban J connectivity index is 0.000000186. The van der Waals surface area contributed by atoms with Gasteiger partial charge in [0.25, 0.3) is 0 Å². The summed E-state index contributed by atoms with van der Waals surface area (Å²) in [5.74, 6) is 0.721. The SMILES string of the molecule is Ic1cccnc1OC1CCOC1.OC1CCOC1. The monoisotopic (exact) mass is 379 g/mol. The average molecular weight is 379 g/mol. The van der Waals surface area contributed by atoms with Gasteiger partial charge in [-0.2, -0.15) is 0 Å². The van der Waals surface area contributed by atoms with Gasteiger partial charge in [-0.3, -0.25) is 0 Å². The van der Waals surface area contributed by atoms with E-state index in [9.17, 15) is 0 Å². The lowest BCUT2D eigenvalue weighted by atomic mass is 10.3. The largest absolute Gasteiger partial charge is 0.471 e. The van der Waals surface area contributed by atoms with Crippen molar-refractivity contribution < 1.29 is 19.3 Å². The summed E-state index contributed by atoms with van der Waals surface area (Å²) in [5.41, 5.74) is 0. The third kappa shape index (κ3) is 5.21. The van der Waals surface area contributed by atoms with E-state index in [1.54, 1.807) is 6.20 Å². The van der Waals surface area contributed by atoms with Crippen molar-refractivity contribution in [2.45, 2.75) is 25.0 Å². The first-order valence-electron chi connectivity index (χ1n) is 6.36. The topological polar surface area (TPSA) is 60.8 Å². The Labute approximate surface area is 126 Å². The van der Waals surface area contributed by atoms with Crippen LogP contribution in [0.25, 0.3) is 0 Å². The first-order valence-corrected chi connectivity index (χ1v) is 7.44. The van der Waals surface area contributed by atoms with E-state index in [1.807, 2.05) is 12.1 Å². The van der Waals surface area contributed by atoms with E-state index >= 15 is 0 Å². The zero-order valence-electron chi connectivity index (χ0n) is 10.6. The van der Waals surface area contributed by atoms with E-state index in [-0.39, 0.29) is 12.2 Å². The predicted octanol–water partition coefficient (Wildman–Crippen LogP) is 1.62. The van der Waals surface area contributed by atoms with Crippen LogP contribution < -0.4 is 4.74 Å². The van der Waals surface area contributed by atoms with Gasteiger partial charge < -0.3 is 19.3 Å². The van der Waals surface area contributed by atoms with Gasteiger partial charge >= 0.3 is 0 Å². The number of nitrogens with zero attached hydrogens (tertiary/aromatic N) is 1. The highest BCUT2D eigenvalue weighted by molar-refractivity contribution is 14.1. The normalized spacial score (nSPS) is 25.8. The van der Waals surface area contributed by atoms with Crippen LogP contribution in [0.3, 0.4) is 0 Å². The van der Waals surface area contributed by atoms with Crippen LogP contribution in [0.15, 0.2) is 18.3 Å². The maximum absolute atomic E-state index is 8.60. The molecule has 0 amide bonds. The van der Waals surface area contributed by atoms with Gasteiger partial charge in [0.1, 0.15) is 6.10 Å². The molecule has 19 heavy (non-hydrogen) atoms. The molecule has 2 saturated heterocycles. The fraction of sp³-hybridized carbons (Fsp3) is 0.615.